The smallest absolute Gasteiger partial charge is 0.196 e. The average molecular weight is 294 g/mol. The summed E-state index contributed by atoms with van der Waals surface area (Å²) in [6.07, 6.45) is 0. The lowest BCUT2D eigenvalue weighted by molar-refractivity contribution is 0.0977. The molecule has 2 aromatic rings. The second-order valence-electron chi connectivity index (χ2n) is 6.08. The van der Waals surface area contributed by atoms with E-state index in [1.54, 1.807) is 50.2 Å². The number of rotatable bonds is 0. The minimum atomic E-state index is -0.738. The largest absolute Gasteiger partial charge is 0.360 e. The summed E-state index contributed by atoms with van der Waals surface area (Å²) in [7, 11) is 0. The number of hydrogen-bond donors (Lipinski definition) is 2. The van der Waals surface area contributed by atoms with Crippen LogP contribution in [0.5, 0.6) is 0 Å². The summed E-state index contributed by atoms with van der Waals surface area (Å²) < 4.78 is 0. The highest BCUT2D eigenvalue weighted by atomic mass is 16.5. The van der Waals surface area contributed by atoms with Crippen LogP contribution < -0.4 is 10.4 Å². The van der Waals surface area contributed by atoms with Crippen LogP contribution in [0.2, 0.25) is 0 Å². The minimum Gasteiger partial charge on any atom is -0.360 e. The number of carbonyl (C=O) groups is 2. The highest BCUT2D eigenvalue weighted by Gasteiger charge is 2.42. The Bertz CT molecular complexity index is 855. The number of benzene rings is 2. The van der Waals surface area contributed by atoms with Crippen molar-refractivity contribution in [2.24, 2.45) is 0 Å². The van der Waals surface area contributed by atoms with Crippen LogP contribution in [-0.4, -0.2) is 22.4 Å². The number of anilines is 2. The summed E-state index contributed by atoms with van der Waals surface area (Å²) >= 11 is 0. The second kappa shape index (κ2) is 3.96. The van der Waals surface area contributed by atoms with Crippen molar-refractivity contribution >= 4 is 22.9 Å². The Kier molecular flexibility index (Phi) is 2.34. The Labute approximate surface area is 127 Å². The van der Waals surface area contributed by atoms with Crippen molar-refractivity contribution in [1.29, 1.82) is 0 Å². The Morgan fingerprint density at radius 1 is 0.955 bits per heavy atom. The van der Waals surface area contributed by atoms with Gasteiger partial charge >= 0.3 is 0 Å². The zero-order valence-electron chi connectivity index (χ0n) is 12.2. The van der Waals surface area contributed by atoms with Crippen molar-refractivity contribution in [3.63, 3.8) is 0 Å². The molecular weight excluding hydrogens is 280 g/mol. The monoisotopic (exact) mass is 294 g/mol. The zero-order chi connectivity index (χ0) is 15.6. The first-order valence-corrected chi connectivity index (χ1v) is 7.04. The molecular formula is C17H14N2O3. The lowest BCUT2D eigenvalue weighted by Crippen LogP contribution is -2.43. The molecule has 1 heterocycles. The molecule has 110 valence electrons. The molecule has 0 amide bonds. The first-order chi connectivity index (χ1) is 10.4. The summed E-state index contributed by atoms with van der Waals surface area (Å²) in [5.41, 5.74) is 1.67. The first kappa shape index (κ1) is 13.0. The molecule has 1 aliphatic heterocycles. The molecule has 5 nitrogen and oxygen atoms in total. The third-order valence-electron chi connectivity index (χ3n) is 4.25. The molecule has 2 aliphatic rings. The van der Waals surface area contributed by atoms with E-state index >= 15 is 0 Å². The molecule has 1 aliphatic carbocycles. The van der Waals surface area contributed by atoms with Gasteiger partial charge in [0, 0.05) is 16.7 Å². The molecule has 0 radical (unpaired) electrons. The molecule has 0 aromatic heterocycles. The van der Waals surface area contributed by atoms with Gasteiger partial charge in [0.2, 0.25) is 0 Å². The number of nitrogens with zero attached hydrogens (tertiary/aromatic N) is 1. The number of hydrogen-bond acceptors (Lipinski definition) is 5. The molecule has 0 unspecified atom stereocenters. The highest BCUT2D eigenvalue weighted by molar-refractivity contribution is 6.31. The summed E-state index contributed by atoms with van der Waals surface area (Å²) in [4.78, 5) is 25.5. The number of hydroxylamine groups is 1. The fourth-order valence-electron chi connectivity index (χ4n) is 3.15. The van der Waals surface area contributed by atoms with Crippen molar-refractivity contribution < 1.29 is 14.8 Å². The zero-order valence-corrected chi connectivity index (χ0v) is 12.2. The van der Waals surface area contributed by atoms with Crippen LogP contribution in [0.25, 0.3) is 0 Å². The third-order valence-corrected chi connectivity index (χ3v) is 4.25. The lowest BCUT2D eigenvalue weighted by atomic mass is 9.83. The number of fused-ring (bicyclic) bond motifs is 4. The predicted octanol–water partition coefficient (Wildman–Crippen LogP) is 2.82. The van der Waals surface area contributed by atoms with E-state index in [2.05, 4.69) is 5.32 Å². The van der Waals surface area contributed by atoms with Crippen molar-refractivity contribution in [1.82, 2.24) is 0 Å². The maximum Gasteiger partial charge on any atom is 0.196 e. The van der Waals surface area contributed by atoms with E-state index in [-0.39, 0.29) is 17.1 Å². The Balaban J connectivity index is 2.03. The van der Waals surface area contributed by atoms with E-state index in [1.165, 1.54) is 0 Å². The maximum absolute atomic E-state index is 12.9. The van der Waals surface area contributed by atoms with Gasteiger partial charge in [-0.05, 0) is 26.0 Å². The van der Waals surface area contributed by atoms with Gasteiger partial charge in [-0.25, -0.2) is 5.06 Å². The first-order valence-electron chi connectivity index (χ1n) is 7.04. The van der Waals surface area contributed by atoms with Gasteiger partial charge in [0.15, 0.2) is 11.6 Å². The molecule has 0 saturated heterocycles. The summed E-state index contributed by atoms with van der Waals surface area (Å²) in [5, 5.41) is 14.6. The molecule has 0 fully saturated rings. The van der Waals surface area contributed by atoms with Gasteiger partial charge in [0.25, 0.3) is 0 Å². The maximum atomic E-state index is 12.9. The second-order valence-corrected chi connectivity index (χ2v) is 6.08. The Morgan fingerprint density at radius 3 is 2.27 bits per heavy atom. The fraction of sp³-hybridized carbons (Fsp3) is 0.176. The fourth-order valence-corrected chi connectivity index (χ4v) is 3.15. The quantitative estimate of drug-likeness (QED) is 0.667. The van der Waals surface area contributed by atoms with Gasteiger partial charge in [-0.3, -0.25) is 14.8 Å². The normalized spacial score (nSPS) is 17.7. The van der Waals surface area contributed by atoms with E-state index in [0.717, 1.165) is 5.06 Å². The summed E-state index contributed by atoms with van der Waals surface area (Å²) in [6, 6.07) is 10.2. The topological polar surface area (TPSA) is 69.6 Å². The van der Waals surface area contributed by atoms with Crippen molar-refractivity contribution in [2.45, 2.75) is 19.5 Å². The molecule has 0 saturated carbocycles. The highest BCUT2D eigenvalue weighted by Crippen LogP contribution is 2.45. The third kappa shape index (κ3) is 1.46. The van der Waals surface area contributed by atoms with Crippen LogP contribution in [0.3, 0.4) is 0 Å². The molecule has 4 rings (SSSR count). The van der Waals surface area contributed by atoms with Gasteiger partial charge in [-0.2, -0.15) is 0 Å². The minimum absolute atomic E-state index is 0.189. The van der Waals surface area contributed by atoms with E-state index in [1.807, 2.05) is 0 Å². The van der Waals surface area contributed by atoms with Crippen LogP contribution in [-0.2, 0) is 0 Å². The molecule has 0 atom stereocenters. The molecule has 0 spiro atoms. The van der Waals surface area contributed by atoms with Crippen molar-refractivity contribution in [2.75, 3.05) is 10.4 Å². The predicted molar refractivity (Wildman–Crippen MR) is 81.7 cm³/mol. The summed E-state index contributed by atoms with van der Waals surface area (Å²) in [6.45, 7) is 3.59. The van der Waals surface area contributed by atoms with Crippen LogP contribution in [0.4, 0.5) is 11.4 Å². The summed E-state index contributed by atoms with van der Waals surface area (Å²) in [5.74, 6) is -0.424. The number of nitrogens with one attached hydrogen (secondary N) is 1. The molecule has 2 aromatic carbocycles. The van der Waals surface area contributed by atoms with Crippen molar-refractivity contribution in [3.05, 3.63) is 58.7 Å². The average Bonchev–Trinajstić information content (AvgIpc) is 2.74. The molecule has 5 heteroatoms. The Morgan fingerprint density at radius 2 is 1.59 bits per heavy atom. The van der Waals surface area contributed by atoms with E-state index in [4.69, 9.17) is 0 Å². The van der Waals surface area contributed by atoms with Gasteiger partial charge in [0.1, 0.15) is 11.4 Å². The van der Waals surface area contributed by atoms with Crippen LogP contribution in [0, 0.1) is 0 Å². The number of ketones is 2. The van der Waals surface area contributed by atoms with Crippen LogP contribution in [0.15, 0.2) is 36.4 Å². The van der Waals surface area contributed by atoms with E-state index in [0.29, 0.717) is 28.1 Å². The Hall–Kier alpha value is -2.66. The molecule has 2 N–H and O–H groups in total. The van der Waals surface area contributed by atoms with Gasteiger partial charge in [-0.1, -0.05) is 24.3 Å². The van der Waals surface area contributed by atoms with Crippen LogP contribution >= 0.6 is 0 Å². The van der Waals surface area contributed by atoms with E-state index in [9.17, 15) is 14.8 Å². The number of carbonyl (C=O) groups excluding carboxylic acids is 2. The SMILES string of the molecule is CC1(C)Nc2ccc3c(c2N1O)C(=O)c1ccccc1C3=O. The van der Waals surface area contributed by atoms with E-state index < -0.39 is 5.66 Å². The van der Waals surface area contributed by atoms with Crippen LogP contribution in [0.1, 0.15) is 45.7 Å². The molecule has 22 heavy (non-hydrogen) atoms. The standard InChI is InChI=1S/C17H14N2O3/c1-17(2)18-12-8-7-11-13(14(12)19(17)22)16(21)10-6-4-3-5-9(10)15(11)20/h3-8,18,22H,1-2H3. The molecule has 0 bridgehead atoms. The van der Waals surface area contributed by atoms with Crippen molar-refractivity contribution in [3.8, 4) is 0 Å². The van der Waals surface area contributed by atoms with Gasteiger partial charge < -0.3 is 5.32 Å². The lowest BCUT2D eigenvalue weighted by Gasteiger charge is -2.28. The van der Waals surface area contributed by atoms with Gasteiger partial charge in [-0.15, -0.1) is 0 Å². The van der Waals surface area contributed by atoms with Gasteiger partial charge in [0.05, 0.1) is 11.3 Å².